The summed E-state index contributed by atoms with van der Waals surface area (Å²) in [5.74, 6) is 0.860. The number of nitrogens with zero attached hydrogens (tertiary/aromatic N) is 1. The average Bonchev–Trinajstić information content (AvgIpc) is 2.82. The summed E-state index contributed by atoms with van der Waals surface area (Å²) in [6.07, 6.45) is 9.32. The van der Waals surface area contributed by atoms with Crippen molar-refractivity contribution in [1.82, 2.24) is 10.6 Å². The van der Waals surface area contributed by atoms with Gasteiger partial charge in [-0.15, -0.1) is 0 Å². The van der Waals surface area contributed by atoms with Gasteiger partial charge in [0.2, 0.25) is 0 Å². The Hall–Kier alpha value is -0.770. The van der Waals surface area contributed by atoms with Crippen LogP contribution in [0, 0.1) is 5.92 Å². The molecule has 2 atom stereocenters. The SMILES string of the molecule is C1CCC2OC(=NCCC3CCNCC3)NC2C1. The Morgan fingerprint density at radius 1 is 1.11 bits per heavy atom. The van der Waals surface area contributed by atoms with Crippen LogP contribution in [0.4, 0.5) is 0 Å². The van der Waals surface area contributed by atoms with Crippen LogP contribution in [0.15, 0.2) is 4.99 Å². The first-order valence-electron chi connectivity index (χ1n) is 7.60. The largest absolute Gasteiger partial charge is 0.460 e. The molecule has 0 spiro atoms. The van der Waals surface area contributed by atoms with Crippen molar-refractivity contribution >= 4 is 6.02 Å². The maximum Gasteiger partial charge on any atom is 0.285 e. The van der Waals surface area contributed by atoms with Crippen molar-refractivity contribution in [2.75, 3.05) is 19.6 Å². The van der Waals surface area contributed by atoms with Crippen molar-refractivity contribution < 1.29 is 4.74 Å². The highest BCUT2D eigenvalue weighted by atomic mass is 16.5. The highest BCUT2D eigenvalue weighted by molar-refractivity contribution is 5.76. The van der Waals surface area contributed by atoms with Crippen molar-refractivity contribution in [2.45, 2.75) is 57.1 Å². The van der Waals surface area contributed by atoms with Crippen molar-refractivity contribution in [2.24, 2.45) is 10.9 Å². The summed E-state index contributed by atoms with van der Waals surface area (Å²) in [4.78, 5) is 4.60. The van der Waals surface area contributed by atoms with Gasteiger partial charge in [0.15, 0.2) is 0 Å². The smallest absolute Gasteiger partial charge is 0.285 e. The van der Waals surface area contributed by atoms with Crippen LogP contribution in [0.2, 0.25) is 0 Å². The molecule has 3 aliphatic rings. The van der Waals surface area contributed by atoms with E-state index in [-0.39, 0.29) is 0 Å². The molecule has 0 aromatic carbocycles. The van der Waals surface area contributed by atoms with Gasteiger partial charge in [-0.3, -0.25) is 0 Å². The third-order valence-electron chi connectivity index (χ3n) is 4.53. The first-order chi connectivity index (χ1) is 8.92. The molecule has 0 radical (unpaired) electrons. The number of nitrogens with one attached hydrogen (secondary N) is 2. The molecular weight excluding hydrogens is 226 g/mol. The Kier molecular flexibility index (Phi) is 4.03. The van der Waals surface area contributed by atoms with E-state index in [4.69, 9.17) is 4.74 Å². The number of rotatable bonds is 3. The Morgan fingerprint density at radius 2 is 1.94 bits per heavy atom. The number of fused-ring (bicyclic) bond motifs is 1. The fourth-order valence-corrected chi connectivity index (χ4v) is 3.34. The van der Waals surface area contributed by atoms with Crippen molar-refractivity contribution in [1.29, 1.82) is 0 Å². The number of amidine groups is 1. The number of hydrogen-bond acceptors (Lipinski definition) is 3. The van der Waals surface area contributed by atoms with Crippen LogP contribution in [0.1, 0.15) is 44.9 Å². The minimum absolute atomic E-state index is 0.399. The second-order valence-corrected chi connectivity index (χ2v) is 5.86. The van der Waals surface area contributed by atoms with Gasteiger partial charge in [0.25, 0.3) is 6.02 Å². The van der Waals surface area contributed by atoms with Gasteiger partial charge in [-0.05, 0) is 57.5 Å². The van der Waals surface area contributed by atoms with Crippen molar-refractivity contribution in [3.63, 3.8) is 0 Å². The fourth-order valence-electron chi connectivity index (χ4n) is 3.34. The van der Waals surface area contributed by atoms with Gasteiger partial charge in [-0.2, -0.15) is 0 Å². The number of aliphatic imine (C=N–C) groups is 1. The van der Waals surface area contributed by atoms with Crippen molar-refractivity contribution in [3.8, 4) is 0 Å². The molecular formula is C14H25N3O. The molecule has 2 heterocycles. The third-order valence-corrected chi connectivity index (χ3v) is 4.53. The summed E-state index contributed by atoms with van der Waals surface area (Å²) < 4.78 is 5.88. The lowest BCUT2D eigenvalue weighted by molar-refractivity contribution is 0.159. The van der Waals surface area contributed by atoms with Crippen LogP contribution < -0.4 is 10.6 Å². The molecule has 0 aromatic rings. The number of piperidine rings is 1. The monoisotopic (exact) mass is 251 g/mol. The molecule has 4 heteroatoms. The Morgan fingerprint density at radius 3 is 2.78 bits per heavy atom. The van der Waals surface area contributed by atoms with E-state index >= 15 is 0 Å². The molecule has 2 unspecified atom stereocenters. The second kappa shape index (κ2) is 5.91. The molecule has 3 rings (SSSR count). The van der Waals surface area contributed by atoms with E-state index in [1.807, 2.05) is 0 Å². The molecule has 18 heavy (non-hydrogen) atoms. The number of hydrogen-bond donors (Lipinski definition) is 2. The van der Waals surface area contributed by atoms with E-state index in [0.717, 1.165) is 18.5 Å². The molecule has 102 valence electrons. The van der Waals surface area contributed by atoms with E-state index in [1.165, 1.54) is 58.0 Å². The van der Waals surface area contributed by atoms with Gasteiger partial charge in [0, 0.05) is 6.54 Å². The molecule has 0 aromatic heterocycles. The summed E-state index contributed by atoms with van der Waals surface area (Å²) >= 11 is 0. The standard InChI is InChI=1S/C14H25N3O/c1-2-4-13-12(3-1)17-14(18-13)16-10-7-11-5-8-15-9-6-11/h11-13,15H,1-10H2,(H,16,17). The van der Waals surface area contributed by atoms with Crippen LogP contribution in [-0.4, -0.2) is 37.8 Å². The summed E-state index contributed by atoms with van der Waals surface area (Å²) in [6.45, 7) is 3.28. The van der Waals surface area contributed by atoms with Gasteiger partial charge < -0.3 is 15.4 Å². The average molecular weight is 251 g/mol. The number of ether oxygens (including phenoxy) is 1. The normalized spacial score (nSPS) is 35.0. The molecule has 1 aliphatic carbocycles. The molecule has 3 fully saturated rings. The first kappa shape index (κ1) is 12.3. The maximum atomic E-state index is 5.88. The van der Waals surface area contributed by atoms with Crippen LogP contribution in [0.3, 0.4) is 0 Å². The molecule has 2 aliphatic heterocycles. The van der Waals surface area contributed by atoms with E-state index in [9.17, 15) is 0 Å². The topological polar surface area (TPSA) is 45.6 Å². The van der Waals surface area contributed by atoms with Gasteiger partial charge >= 0.3 is 0 Å². The Labute approximate surface area is 110 Å². The minimum atomic E-state index is 0.399. The molecule has 1 saturated carbocycles. The summed E-state index contributed by atoms with van der Waals surface area (Å²) in [6, 6.07) is 1.36. The zero-order valence-electron chi connectivity index (χ0n) is 11.2. The minimum Gasteiger partial charge on any atom is -0.460 e. The van der Waals surface area contributed by atoms with Crippen LogP contribution in [0.5, 0.6) is 0 Å². The zero-order chi connectivity index (χ0) is 12.2. The van der Waals surface area contributed by atoms with Crippen molar-refractivity contribution in [3.05, 3.63) is 0 Å². The van der Waals surface area contributed by atoms with Gasteiger partial charge in [-0.25, -0.2) is 4.99 Å². The predicted molar refractivity (Wildman–Crippen MR) is 72.8 cm³/mol. The summed E-state index contributed by atoms with van der Waals surface area (Å²) in [7, 11) is 0. The highest BCUT2D eigenvalue weighted by Gasteiger charge is 2.34. The molecule has 0 amide bonds. The Balaban J connectivity index is 1.42. The lowest BCUT2D eigenvalue weighted by Crippen LogP contribution is -2.34. The molecule has 4 nitrogen and oxygen atoms in total. The lowest BCUT2D eigenvalue weighted by Gasteiger charge is -2.21. The molecule has 0 bridgehead atoms. The van der Waals surface area contributed by atoms with Crippen LogP contribution >= 0.6 is 0 Å². The molecule has 2 N–H and O–H groups in total. The Bertz CT molecular complexity index is 283. The van der Waals surface area contributed by atoms with E-state index in [2.05, 4.69) is 15.6 Å². The predicted octanol–water partition coefficient (Wildman–Crippen LogP) is 1.66. The van der Waals surface area contributed by atoms with Gasteiger partial charge in [0.05, 0.1) is 6.04 Å². The summed E-state index contributed by atoms with van der Waals surface area (Å²) in [5.41, 5.74) is 0. The second-order valence-electron chi connectivity index (χ2n) is 5.86. The third kappa shape index (κ3) is 2.97. The van der Waals surface area contributed by atoms with Crippen LogP contribution in [-0.2, 0) is 4.74 Å². The van der Waals surface area contributed by atoms with E-state index < -0.39 is 0 Å². The molecule has 2 saturated heterocycles. The van der Waals surface area contributed by atoms with Gasteiger partial charge in [-0.1, -0.05) is 6.42 Å². The van der Waals surface area contributed by atoms with E-state index in [1.54, 1.807) is 0 Å². The zero-order valence-corrected chi connectivity index (χ0v) is 11.2. The maximum absolute atomic E-state index is 5.88. The summed E-state index contributed by atoms with van der Waals surface area (Å²) in [5, 5.41) is 6.85. The van der Waals surface area contributed by atoms with Crippen LogP contribution in [0.25, 0.3) is 0 Å². The van der Waals surface area contributed by atoms with E-state index in [0.29, 0.717) is 12.1 Å². The highest BCUT2D eigenvalue weighted by Crippen LogP contribution is 2.25. The first-order valence-corrected chi connectivity index (χ1v) is 7.60. The van der Waals surface area contributed by atoms with Gasteiger partial charge in [0.1, 0.15) is 6.10 Å². The quantitative estimate of drug-likeness (QED) is 0.802. The fraction of sp³-hybridized carbons (Fsp3) is 0.929. The lowest BCUT2D eigenvalue weighted by atomic mass is 9.93.